The molecule has 1 saturated carbocycles. The van der Waals surface area contributed by atoms with Gasteiger partial charge in [-0.1, -0.05) is 19.8 Å². The number of hydrogen-bond donors (Lipinski definition) is 1. The zero-order valence-electron chi connectivity index (χ0n) is 12.2. The second kappa shape index (κ2) is 6.48. The van der Waals surface area contributed by atoms with Crippen molar-refractivity contribution < 1.29 is 4.39 Å². The van der Waals surface area contributed by atoms with Crippen LogP contribution in [0.3, 0.4) is 0 Å². The summed E-state index contributed by atoms with van der Waals surface area (Å²) in [5.41, 5.74) is 1.18. The zero-order chi connectivity index (χ0) is 13.9. The van der Waals surface area contributed by atoms with Gasteiger partial charge in [-0.25, -0.2) is 4.39 Å². The van der Waals surface area contributed by atoms with Crippen LogP contribution in [0.5, 0.6) is 0 Å². The minimum atomic E-state index is -0.104. The molecule has 1 nitrogen and oxygen atoms in total. The van der Waals surface area contributed by atoms with Crippen molar-refractivity contribution in [2.24, 2.45) is 5.92 Å². The van der Waals surface area contributed by atoms with Gasteiger partial charge < -0.3 is 5.32 Å². The molecule has 20 heavy (non-hydrogen) atoms. The Hall–Kier alpha value is -0.540. The first kappa shape index (κ1) is 14.4. The summed E-state index contributed by atoms with van der Waals surface area (Å²) in [4.78, 5) is 1.26. The highest BCUT2D eigenvalue weighted by atomic mass is 32.2. The van der Waals surface area contributed by atoms with Gasteiger partial charge >= 0.3 is 0 Å². The van der Waals surface area contributed by atoms with Crippen LogP contribution in [-0.2, 0) is 0 Å². The SMILES string of the molecule is CC1CCCC(NC2CCSc3ccc(F)cc32)CC1. The molecule has 0 saturated heterocycles. The lowest BCUT2D eigenvalue weighted by Crippen LogP contribution is -2.34. The van der Waals surface area contributed by atoms with Crippen molar-refractivity contribution in [1.82, 2.24) is 5.32 Å². The van der Waals surface area contributed by atoms with E-state index in [0.717, 1.165) is 18.1 Å². The summed E-state index contributed by atoms with van der Waals surface area (Å²) in [7, 11) is 0. The van der Waals surface area contributed by atoms with E-state index in [0.29, 0.717) is 12.1 Å². The van der Waals surface area contributed by atoms with Gasteiger partial charge in [0.2, 0.25) is 0 Å². The van der Waals surface area contributed by atoms with Crippen LogP contribution in [0.2, 0.25) is 0 Å². The summed E-state index contributed by atoms with van der Waals surface area (Å²) in [6.45, 7) is 2.37. The van der Waals surface area contributed by atoms with Gasteiger partial charge in [-0.2, -0.15) is 0 Å². The number of nitrogens with one attached hydrogen (secondary N) is 1. The monoisotopic (exact) mass is 293 g/mol. The summed E-state index contributed by atoms with van der Waals surface area (Å²) in [5, 5.41) is 3.82. The number of halogens is 1. The summed E-state index contributed by atoms with van der Waals surface area (Å²) in [5.74, 6) is 1.90. The van der Waals surface area contributed by atoms with Crippen molar-refractivity contribution in [2.75, 3.05) is 5.75 Å². The fraction of sp³-hybridized carbons (Fsp3) is 0.647. The van der Waals surface area contributed by atoms with Gasteiger partial charge in [0, 0.05) is 17.0 Å². The predicted molar refractivity (Wildman–Crippen MR) is 83.7 cm³/mol. The zero-order valence-corrected chi connectivity index (χ0v) is 13.0. The lowest BCUT2D eigenvalue weighted by molar-refractivity contribution is 0.383. The first-order valence-corrected chi connectivity index (χ1v) is 8.89. The molecule has 1 fully saturated rings. The molecule has 3 heteroatoms. The van der Waals surface area contributed by atoms with Gasteiger partial charge in [0.1, 0.15) is 5.82 Å². The molecule has 2 aliphatic rings. The Kier molecular flexibility index (Phi) is 4.67. The van der Waals surface area contributed by atoms with Crippen LogP contribution in [0.1, 0.15) is 57.1 Å². The van der Waals surface area contributed by atoms with Crippen molar-refractivity contribution >= 4 is 11.8 Å². The Labute approximate surface area is 125 Å². The van der Waals surface area contributed by atoms with Crippen molar-refractivity contribution in [2.45, 2.75) is 62.4 Å². The molecule has 1 aliphatic heterocycles. The van der Waals surface area contributed by atoms with E-state index in [1.54, 1.807) is 12.1 Å². The average molecular weight is 293 g/mol. The fourth-order valence-electron chi connectivity index (χ4n) is 3.48. The van der Waals surface area contributed by atoms with E-state index in [9.17, 15) is 4.39 Å². The smallest absolute Gasteiger partial charge is 0.123 e. The third-order valence-electron chi connectivity index (χ3n) is 4.71. The number of rotatable bonds is 2. The van der Waals surface area contributed by atoms with E-state index < -0.39 is 0 Å². The van der Waals surface area contributed by atoms with Crippen molar-refractivity contribution in [3.8, 4) is 0 Å². The normalized spacial score (nSPS) is 30.6. The molecule has 0 amide bonds. The quantitative estimate of drug-likeness (QED) is 0.777. The number of fused-ring (bicyclic) bond motifs is 1. The van der Waals surface area contributed by atoms with E-state index in [2.05, 4.69) is 12.2 Å². The third-order valence-corrected chi connectivity index (χ3v) is 5.83. The maximum atomic E-state index is 13.5. The third kappa shape index (κ3) is 3.37. The minimum absolute atomic E-state index is 0.104. The second-order valence-electron chi connectivity index (χ2n) is 6.35. The molecule has 0 spiro atoms. The van der Waals surface area contributed by atoms with Crippen LogP contribution in [0.4, 0.5) is 4.39 Å². The molecule has 110 valence electrons. The van der Waals surface area contributed by atoms with E-state index in [1.807, 2.05) is 17.8 Å². The molecule has 1 N–H and O–H groups in total. The molecule has 1 aliphatic carbocycles. The maximum absolute atomic E-state index is 13.5. The van der Waals surface area contributed by atoms with Crippen molar-refractivity contribution in [3.05, 3.63) is 29.6 Å². The molecule has 3 atom stereocenters. The Balaban J connectivity index is 1.71. The number of hydrogen-bond acceptors (Lipinski definition) is 2. The second-order valence-corrected chi connectivity index (χ2v) is 7.49. The van der Waals surface area contributed by atoms with E-state index in [-0.39, 0.29) is 5.82 Å². The van der Waals surface area contributed by atoms with Gasteiger partial charge in [-0.3, -0.25) is 0 Å². The molecule has 0 radical (unpaired) electrons. The minimum Gasteiger partial charge on any atom is -0.307 e. The highest BCUT2D eigenvalue weighted by Gasteiger charge is 2.25. The van der Waals surface area contributed by atoms with E-state index in [4.69, 9.17) is 0 Å². The van der Waals surface area contributed by atoms with E-state index >= 15 is 0 Å². The Morgan fingerprint density at radius 3 is 2.95 bits per heavy atom. The highest BCUT2D eigenvalue weighted by Crippen LogP contribution is 2.37. The molecular formula is C17H24FNS. The largest absolute Gasteiger partial charge is 0.307 e. The van der Waals surface area contributed by atoms with Gasteiger partial charge in [-0.05, 0) is 61.1 Å². The highest BCUT2D eigenvalue weighted by molar-refractivity contribution is 7.99. The average Bonchev–Trinajstić information content (AvgIpc) is 2.64. The van der Waals surface area contributed by atoms with Gasteiger partial charge in [-0.15, -0.1) is 11.8 Å². The van der Waals surface area contributed by atoms with Crippen LogP contribution in [-0.4, -0.2) is 11.8 Å². The molecule has 1 heterocycles. The topological polar surface area (TPSA) is 12.0 Å². The number of benzene rings is 1. The first-order chi connectivity index (χ1) is 9.72. The molecule has 3 rings (SSSR count). The first-order valence-electron chi connectivity index (χ1n) is 7.90. The molecule has 0 bridgehead atoms. The summed E-state index contributed by atoms with van der Waals surface area (Å²) < 4.78 is 13.5. The summed E-state index contributed by atoms with van der Waals surface area (Å²) in [6.07, 6.45) is 7.69. The van der Waals surface area contributed by atoms with Crippen LogP contribution in [0.15, 0.2) is 23.1 Å². The Morgan fingerprint density at radius 1 is 1.15 bits per heavy atom. The van der Waals surface area contributed by atoms with Crippen LogP contribution < -0.4 is 5.32 Å². The van der Waals surface area contributed by atoms with Gasteiger partial charge in [0.05, 0.1) is 0 Å². The Morgan fingerprint density at radius 2 is 2.05 bits per heavy atom. The summed E-state index contributed by atoms with van der Waals surface area (Å²) in [6, 6.07) is 6.22. The standard InChI is InChI=1S/C17H24FNS/c1-12-3-2-4-14(7-5-12)19-16-9-10-20-17-8-6-13(18)11-15(16)17/h6,8,11-12,14,16,19H,2-5,7,9-10H2,1H3. The lowest BCUT2D eigenvalue weighted by Gasteiger charge is -2.30. The molecular weight excluding hydrogens is 269 g/mol. The molecule has 1 aromatic rings. The predicted octanol–water partition coefficient (Wildman–Crippen LogP) is 4.92. The van der Waals surface area contributed by atoms with Gasteiger partial charge in [0.25, 0.3) is 0 Å². The fourth-order valence-corrected chi connectivity index (χ4v) is 4.58. The van der Waals surface area contributed by atoms with Crippen LogP contribution in [0.25, 0.3) is 0 Å². The summed E-state index contributed by atoms with van der Waals surface area (Å²) >= 11 is 1.86. The maximum Gasteiger partial charge on any atom is 0.123 e. The molecule has 0 aromatic heterocycles. The van der Waals surface area contributed by atoms with Crippen LogP contribution in [0, 0.1) is 11.7 Å². The molecule has 1 aromatic carbocycles. The molecule has 3 unspecified atom stereocenters. The van der Waals surface area contributed by atoms with Gasteiger partial charge in [0.15, 0.2) is 0 Å². The van der Waals surface area contributed by atoms with E-state index in [1.165, 1.54) is 42.6 Å². The van der Waals surface area contributed by atoms with Crippen molar-refractivity contribution in [3.63, 3.8) is 0 Å². The van der Waals surface area contributed by atoms with Crippen molar-refractivity contribution in [1.29, 1.82) is 0 Å². The lowest BCUT2D eigenvalue weighted by atomic mass is 9.99. The van der Waals surface area contributed by atoms with Crippen LogP contribution >= 0.6 is 11.8 Å². The Bertz CT molecular complexity index is 462. The number of thioether (sulfide) groups is 1.